The summed E-state index contributed by atoms with van der Waals surface area (Å²) in [5.74, 6) is 0.873. The number of esters is 1. The third-order valence-corrected chi connectivity index (χ3v) is 7.00. The zero-order valence-electron chi connectivity index (χ0n) is 17.6. The molecule has 2 unspecified atom stereocenters. The van der Waals surface area contributed by atoms with Crippen LogP contribution in [-0.4, -0.2) is 36.5 Å². The van der Waals surface area contributed by atoms with Crippen molar-refractivity contribution in [3.63, 3.8) is 0 Å². The molecule has 1 heterocycles. The van der Waals surface area contributed by atoms with Crippen molar-refractivity contribution in [3.8, 4) is 11.5 Å². The molecular weight excluding hydrogens is 466 g/mol. The molecule has 8 heteroatoms. The van der Waals surface area contributed by atoms with Gasteiger partial charge in [0.25, 0.3) is 0 Å². The maximum atomic E-state index is 12.4. The van der Waals surface area contributed by atoms with Crippen molar-refractivity contribution >= 4 is 52.2 Å². The Bertz CT molecular complexity index is 1030. The third-order valence-electron chi connectivity index (χ3n) is 4.72. The highest BCUT2D eigenvalue weighted by atomic mass is 35.5. The number of methoxy groups -OCH3 is 1. The van der Waals surface area contributed by atoms with E-state index in [1.807, 2.05) is 30.3 Å². The van der Waals surface area contributed by atoms with E-state index < -0.39 is 0 Å². The van der Waals surface area contributed by atoms with Crippen LogP contribution in [0.15, 0.2) is 61.7 Å². The lowest BCUT2D eigenvalue weighted by molar-refractivity contribution is -0.142. The second-order valence-electron chi connectivity index (χ2n) is 6.88. The van der Waals surface area contributed by atoms with E-state index in [2.05, 4.69) is 18.5 Å². The molecule has 2 aromatic carbocycles. The molecule has 1 aliphatic rings. The Kier molecular flexibility index (Phi) is 8.61. The van der Waals surface area contributed by atoms with Crippen LogP contribution >= 0.6 is 35.6 Å². The quantitative estimate of drug-likeness (QED) is 0.264. The molecule has 1 N–H and O–H groups in total. The standard InChI is InChI=1S/C24H24ClNO4S2/c1-4-11-29-21(27)14-20-24(31)26-18-10-9-15(25)13-17(18)23(32-20)16-7-6-8-19(28-3)22(16)30-12-5-2/h4-10,13,20,23H,1-2,11-12,14H2,3H3,(H,26,31). The van der Waals surface area contributed by atoms with Crippen LogP contribution in [0.4, 0.5) is 5.69 Å². The number of thiocarbonyl (C=S) groups is 1. The Morgan fingerprint density at radius 2 is 2.00 bits per heavy atom. The molecule has 0 fully saturated rings. The number of hydrogen-bond acceptors (Lipinski definition) is 6. The fourth-order valence-corrected chi connectivity index (χ4v) is 5.28. The summed E-state index contributed by atoms with van der Waals surface area (Å²) in [6.45, 7) is 7.80. The molecule has 0 saturated heterocycles. The molecule has 0 bridgehead atoms. The highest BCUT2D eigenvalue weighted by Crippen LogP contribution is 2.50. The molecule has 0 amide bonds. The van der Waals surface area contributed by atoms with Crippen molar-refractivity contribution in [3.05, 3.63) is 77.9 Å². The number of halogens is 1. The second-order valence-corrected chi connectivity index (χ2v) is 9.07. The van der Waals surface area contributed by atoms with E-state index in [0.29, 0.717) is 28.1 Å². The number of ether oxygens (including phenoxy) is 3. The van der Waals surface area contributed by atoms with Gasteiger partial charge < -0.3 is 19.5 Å². The van der Waals surface area contributed by atoms with Gasteiger partial charge in [-0.25, -0.2) is 0 Å². The first kappa shape index (κ1) is 24.2. The second kappa shape index (κ2) is 11.4. The van der Waals surface area contributed by atoms with Crippen LogP contribution in [-0.2, 0) is 9.53 Å². The summed E-state index contributed by atoms with van der Waals surface area (Å²) in [6.07, 6.45) is 3.33. The summed E-state index contributed by atoms with van der Waals surface area (Å²) < 4.78 is 16.8. The molecule has 3 rings (SSSR count). The van der Waals surface area contributed by atoms with Crippen LogP contribution < -0.4 is 14.8 Å². The van der Waals surface area contributed by atoms with Gasteiger partial charge >= 0.3 is 5.97 Å². The first-order chi connectivity index (χ1) is 15.5. The Balaban J connectivity index is 2.08. The monoisotopic (exact) mass is 489 g/mol. The van der Waals surface area contributed by atoms with E-state index >= 15 is 0 Å². The van der Waals surface area contributed by atoms with Crippen LogP contribution in [0.25, 0.3) is 0 Å². The van der Waals surface area contributed by atoms with Crippen molar-refractivity contribution in [2.45, 2.75) is 16.9 Å². The smallest absolute Gasteiger partial charge is 0.307 e. The lowest BCUT2D eigenvalue weighted by Gasteiger charge is -2.24. The Morgan fingerprint density at radius 3 is 2.72 bits per heavy atom. The molecule has 2 aromatic rings. The van der Waals surface area contributed by atoms with Crippen LogP contribution in [0.5, 0.6) is 11.5 Å². The number of carbonyl (C=O) groups is 1. The average Bonchev–Trinajstić information content (AvgIpc) is 2.92. The largest absolute Gasteiger partial charge is 0.493 e. The van der Waals surface area contributed by atoms with Crippen LogP contribution in [0.2, 0.25) is 5.02 Å². The molecule has 1 aliphatic heterocycles. The summed E-state index contributed by atoms with van der Waals surface area (Å²) in [5.41, 5.74) is 2.65. The number of benzene rings is 2. The number of thioether (sulfide) groups is 1. The molecule has 0 radical (unpaired) electrons. The van der Waals surface area contributed by atoms with Crippen molar-refractivity contribution in [1.29, 1.82) is 0 Å². The number of carbonyl (C=O) groups excluding carboxylic acids is 1. The average molecular weight is 490 g/mol. The number of para-hydroxylation sites is 1. The molecule has 0 spiro atoms. The van der Waals surface area contributed by atoms with Gasteiger partial charge in [-0.3, -0.25) is 4.79 Å². The zero-order valence-corrected chi connectivity index (χ0v) is 20.0. The molecule has 0 aromatic heterocycles. The number of hydrogen-bond donors (Lipinski definition) is 1. The topological polar surface area (TPSA) is 56.8 Å². The molecule has 2 atom stereocenters. The Hall–Kier alpha value is -2.48. The minimum Gasteiger partial charge on any atom is -0.493 e. The van der Waals surface area contributed by atoms with E-state index in [-0.39, 0.29) is 29.5 Å². The SMILES string of the molecule is C=CCOC(=O)CC1SC(c2cccc(OC)c2OCC=C)c2cc(Cl)ccc2NC1=S. The third kappa shape index (κ3) is 5.65. The van der Waals surface area contributed by atoms with Gasteiger partial charge in [0.05, 0.1) is 29.0 Å². The van der Waals surface area contributed by atoms with Crippen LogP contribution in [0, 0.1) is 0 Å². The lowest BCUT2D eigenvalue weighted by atomic mass is 10.0. The normalized spacial score (nSPS) is 17.4. The highest BCUT2D eigenvalue weighted by Gasteiger charge is 2.33. The fourth-order valence-electron chi connectivity index (χ4n) is 3.32. The van der Waals surface area contributed by atoms with Crippen molar-refractivity contribution in [2.75, 3.05) is 25.6 Å². The number of anilines is 1. The Morgan fingerprint density at radius 1 is 1.22 bits per heavy atom. The van der Waals surface area contributed by atoms with Gasteiger partial charge in [0.1, 0.15) is 13.2 Å². The van der Waals surface area contributed by atoms with Gasteiger partial charge in [-0.1, -0.05) is 61.3 Å². The van der Waals surface area contributed by atoms with E-state index in [1.54, 1.807) is 31.0 Å². The van der Waals surface area contributed by atoms with Gasteiger partial charge in [-0.15, -0.1) is 11.8 Å². The molecule has 0 aliphatic carbocycles. The van der Waals surface area contributed by atoms with Crippen molar-refractivity contribution in [2.24, 2.45) is 0 Å². The number of nitrogens with one attached hydrogen (secondary N) is 1. The van der Waals surface area contributed by atoms with E-state index in [4.69, 9.17) is 38.0 Å². The predicted octanol–water partition coefficient (Wildman–Crippen LogP) is 5.98. The number of fused-ring (bicyclic) bond motifs is 1. The summed E-state index contributed by atoms with van der Waals surface area (Å²) >= 11 is 13.5. The predicted molar refractivity (Wildman–Crippen MR) is 135 cm³/mol. The summed E-state index contributed by atoms with van der Waals surface area (Å²) in [7, 11) is 1.60. The van der Waals surface area contributed by atoms with E-state index in [1.165, 1.54) is 6.08 Å². The maximum absolute atomic E-state index is 12.4. The van der Waals surface area contributed by atoms with Gasteiger partial charge in [-0.2, -0.15) is 0 Å². The van der Waals surface area contributed by atoms with E-state index in [9.17, 15) is 4.79 Å². The minimum atomic E-state index is -0.344. The summed E-state index contributed by atoms with van der Waals surface area (Å²) in [6, 6.07) is 11.3. The van der Waals surface area contributed by atoms with Gasteiger partial charge in [-0.05, 0) is 29.8 Å². The molecule has 32 heavy (non-hydrogen) atoms. The minimum absolute atomic E-state index is 0.120. The highest BCUT2D eigenvalue weighted by molar-refractivity contribution is 8.02. The van der Waals surface area contributed by atoms with E-state index in [0.717, 1.165) is 16.8 Å². The van der Waals surface area contributed by atoms with Crippen molar-refractivity contribution < 1.29 is 19.0 Å². The van der Waals surface area contributed by atoms with Crippen LogP contribution in [0.1, 0.15) is 22.8 Å². The zero-order chi connectivity index (χ0) is 23.1. The first-order valence-electron chi connectivity index (χ1n) is 9.91. The Labute approximate surface area is 202 Å². The van der Waals surface area contributed by atoms with Crippen molar-refractivity contribution in [1.82, 2.24) is 0 Å². The maximum Gasteiger partial charge on any atom is 0.307 e. The molecule has 168 valence electrons. The molecular formula is C24H24ClNO4S2. The lowest BCUT2D eigenvalue weighted by Crippen LogP contribution is -2.26. The first-order valence-corrected chi connectivity index (χ1v) is 11.6. The fraction of sp³-hybridized carbons (Fsp3) is 0.250. The summed E-state index contributed by atoms with van der Waals surface area (Å²) in [5, 5.41) is 3.33. The molecule has 0 saturated carbocycles. The van der Waals surface area contributed by atoms with Gasteiger partial charge in [0.2, 0.25) is 0 Å². The van der Waals surface area contributed by atoms with Crippen LogP contribution in [0.3, 0.4) is 0 Å². The van der Waals surface area contributed by atoms with Gasteiger partial charge in [0.15, 0.2) is 11.5 Å². The number of rotatable bonds is 9. The van der Waals surface area contributed by atoms with Gasteiger partial charge in [0, 0.05) is 16.3 Å². The molecule has 5 nitrogen and oxygen atoms in total. The summed E-state index contributed by atoms with van der Waals surface area (Å²) in [4.78, 5) is 12.9.